The number of thiazole rings is 1. The molecule has 0 N–H and O–H groups in total. The molecular weight excluding hydrogens is 274 g/mol. The fourth-order valence-electron chi connectivity index (χ4n) is 1.10. The Kier molecular flexibility index (Phi) is 4.01. The largest absolute Gasteiger partial charge is 0.455 e. The molecular formula is C11H8ClN3O2S. The molecule has 2 heterocycles. The lowest BCUT2D eigenvalue weighted by Crippen LogP contribution is -2.06. The summed E-state index contributed by atoms with van der Waals surface area (Å²) in [6, 6.07) is 1.71. The fraction of sp³-hybridized carbons (Fsp3) is 0.0909. The van der Waals surface area contributed by atoms with E-state index in [0.717, 1.165) is 0 Å². The van der Waals surface area contributed by atoms with Crippen molar-refractivity contribution in [3.05, 3.63) is 41.1 Å². The van der Waals surface area contributed by atoms with Crippen molar-refractivity contribution in [2.45, 2.75) is 0 Å². The van der Waals surface area contributed by atoms with Gasteiger partial charge in [0.2, 0.25) is 0 Å². The normalized spacial score (nSPS) is 10.1. The summed E-state index contributed by atoms with van der Waals surface area (Å²) in [5, 5.41) is 2.41. The molecule has 2 aromatic heterocycles. The van der Waals surface area contributed by atoms with Crippen molar-refractivity contribution < 1.29 is 9.53 Å². The SMILES string of the molecule is C=C(Cl)COC(=O)c1csc(-c2ncccn2)n1. The molecule has 0 atom stereocenters. The van der Waals surface area contributed by atoms with E-state index in [2.05, 4.69) is 21.5 Å². The van der Waals surface area contributed by atoms with Gasteiger partial charge < -0.3 is 4.74 Å². The molecule has 0 amide bonds. The van der Waals surface area contributed by atoms with Crippen molar-refractivity contribution in [2.75, 3.05) is 6.61 Å². The van der Waals surface area contributed by atoms with Gasteiger partial charge in [0.15, 0.2) is 16.5 Å². The third-order valence-corrected chi connectivity index (χ3v) is 2.78. The Balaban J connectivity index is 2.11. The van der Waals surface area contributed by atoms with E-state index in [0.29, 0.717) is 10.8 Å². The van der Waals surface area contributed by atoms with Crippen LogP contribution < -0.4 is 0 Å². The van der Waals surface area contributed by atoms with Gasteiger partial charge in [-0.25, -0.2) is 19.7 Å². The van der Waals surface area contributed by atoms with E-state index in [1.807, 2.05) is 0 Å². The molecule has 18 heavy (non-hydrogen) atoms. The maximum Gasteiger partial charge on any atom is 0.358 e. The van der Waals surface area contributed by atoms with Gasteiger partial charge in [-0.2, -0.15) is 0 Å². The average molecular weight is 282 g/mol. The molecule has 0 saturated heterocycles. The first-order chi connectivity index (χ1) is 8.66. The third-order valence-electron chi connectivity index (χ3n) is 1.83. The van der Waals surface area contributed by atoms with Crippen LogP contribution in [0.1, 0.15) is 10.5 Å². The number of aromatic nitrogens is 3. The lowest BCUT2D eigenvalue weighted by atomic mass is 10.5. The molecule has 0 fully saturated rings. The minimum atomic E-state index is -0.546. The van der Waals surface area contributed by atoms with Crippen LogP contribution >= 0.6 is 22.9 Å². The Labute approximate surface area is 112 Å². The van der Waals surface area contributed by atoms with Crippen LogP contribution in [0.4, 0.5) is 0 Å². The second-order valence-corrected chi connectivity index (χ2v) is 4.60. The summed E-state index contributed by atoms with van der Waals surface area (Å²) in [5.74, 6) is -0.0708. The zero-order valence-corrected chi connectivity index (χ0v) is 10.7. The molecule has 0 unspecified atom stereocenters. The summed E-state index contributed by atoms with van der Waals surface area (Å²) in [5.41, 5.74) is 0.209. The van der Waals surface area contributed by atoms with Gasteiger partial charge in [0, 0.05) is 22.8 Å². The zero-order chi connectivity index (χ0) is 13.0. The van der Waals surface area contributed by atoms with Gasteiger partial charge in [-0.05, 0) is 6.07 Å². The highest BCUT2D eigenvalue weighted by Crippen LogP contribution is 2.20. The molecule has 92 valence electrons. The van der Waals surface area contributed by atoms with Crippen molar-refractivity contribution in [2.24, 2.45) is 0 Å². The van der Waals surface area contributed by atoms with E-state index < -0.39 is 5.97 Å². The van der Waals surface area contributed by atoms with Gasteiger partial charge in [0.05, 0.1) is 0 Å². The molecule has 7 heteroatoms. The van der Waals surface area contributed by atoms with E-state index in [4.69, 9.17) is 16.3 Å². The Morgan fingerprint density at radius 2 is 2.17 bits per heavy atom. The highest BCUT2D eigenvalue weighted by molar-refractivity contribution is 7.13. The molecule has 2 rings (SSSR count). The van der Waals surface area contributed by atoms with Crippen LogP contribution in [0.5, 0.6) is 0 Å². The van der Waals surface area contributed by atoms with Crippen LogP contribution in [0.2, 0.25) is 0 Å². The number of halogens is 1. The maximum atomic E-state index is 11.6. The Hall–Kier alpha value is -1.79. The molecule has 0 radical (unpaired) electrons. The highest BCUT2D eigenvalue weighted by atomic mass is 35.5. The average Bonchev–Trinajstić information content (AvgIpc) is 2.86. The molecule has 0 saturated carbocycles. The number of esters is 1. The summed E-state index contributed by atoms with van der Waals surface area (Å²) in [4.78, 5) is 23.8. The Morgan fingerprint density at radius 1 is 1.44 bits per heavy atom. The maximum absolute atomic E-state index is 11.6. The van der Waals surface area contributed by atoms with E-state index in [1.165, 1.54) is 11.3 Å². The smallest absolute Gasteiger partial charge is 0.358 e. The first kappa shape index (κ1) is 12.7. The fourth-order valence-corrected chi connectivity index (χ4v) is 1.89. The van der Waals surface area contributed by atoms with Crippen molar-refractivity contribution in [3.8, 4) is 10.8 Å². The number of ether oxygens (including phenoxy) is 1. The number of carbonyl (C=O) groups excluding carboxylic acids is 1. The Morgan fingerprint density at radius 3 is 2.83 bits per heavy atom. The predicted molar refractivity (Wildman–Crippen MR) is 68.4 cm³/mol. The van der Waals surface area contributed by atoms with Gasteiger partial charge in [-0.3, -0.25) is 0 Å². The van der Waals surface area contributed by atoms with Crippen LogP contribution in [-0.4, -0.2) is 27.5 Å². The van der Waals surface area contributed by atoms with Gasteiger partial charge in [-0.15, -0.1) is 11.3 Å². The Bertz CT molecular complexity index is 571. The molecule has 5 nitrogen and oxygen atoms in total. The number of nitrogens with zero attached hydrogens (tertiary/aromatic N) is 3. The number of hydrogen-bond acceptors (Lipinski definition) is 6. The molecule has 0 spiro atoms. The third kappa shape index (κ3) is 3.12. The molecule has 2 aromatic rings. The van der Waals surface area contributed by atoms with Crippen molar-refractivity contribution >= 4 is 28.9 Å². The molecule has 0 aromatic carbocycles. The van der Waals surface area contributed by atoms with Gasteiger partial charge >= 0.3 is 5.97 Å². The minimum absolute atomic E-state index is 0.0327. The van der Waals surface area contributed by atoms with Crippen LogP contribution in [0.25, 0.3) is 10.8 Å². The highest BCUT2D eigenvalue weighted by Gasteiger charge is 2.14. The van der Waals surface area contributed by atoms with E-state index in [1.54, 1.807) is 23.8 Å². The van der Waals surface area contributed by atoms with Crippen molar-refractivity contribution in [1.29, 1.82) is 0 Å². The predicted octanol–water partition coefficient (Wildman–Crippen LogP) is 2.51. The van der Waals surface area contributed by atoms with E-state index in [9.17, 15) is 4.79 Å². The van der Waals surface area contributed by atoms with Crippen molar-refractivity contribution in [3.63, 3.8) is 0 Å². The number of hydrogen-bond donors (Lipinski definition) is 0. The lowest BCUT2D eigenvalue weighted by molar-refractivity contribution is 0.0540. The monoisotopic (exact) mass is 281 g/mol. The molecule has 0 bridgehead atoms. The van der Waals surface area contributed by atoms with Crippen LogP contribution in [0, 0.1) is 0 Å². The second-order valence-electron chi connectivity index (χ2n) is 3.20. The molecule has 0 aliphatic rings. The summed E-state index contributed by atoms with van der Waals surface area (Å²) in [6.45, 7) is 3.39. The van der Waals surface area contributed by atoms with Crippen molar-refractivity contribution in [1.82, 2.24) is 15.0 Å². The lowest BCUT2D eigenvalue weighted by Gasteiger charge is -1.99. The topological polar surface area (TPSA) is 65.0 Å². The minimum Gasteiger partial charge on any atom is -0.455 e. The van der Waals surface area contributed by atoms with Gasteiger partial charge in [-0.1, -0.05) is 18.2 Å². The second kappa shape index (κ2) is 5.70. The first-order valence-corrected chi connectivity index (χ1v) is 6.16. The summed E-state index contributed by atoms with van der Waals surface area (Å²) >= 11 is 6.77. The van der Waals surface area contributed by atoms with Gasteiger partial charge in [0.1, 0.15) is 6.61 Å². The molecule has 0 aliphatic heterocycles. The van der Waals surface area contributed by atoms with Crippen LogP contribution in [0.15, 0.2) is 35.5 Å². The van der Waals surface area contributed by atoms with E-state index >= 15 is 0 Å². The summed E-state index contributed by atoms with van der Waals surface area (Å²) in [7, 11) is 0. The standard InChI is InChI=1S/C11H8ClN3O2S/c1-7(12)5-17-11(16)8-6-18-10(15-8)9-13-3-2-4-14-9/h2-4,6H,1,5H2. The first-order valence-electron chi connectivity index (χ1n) is 4.90. The number of rotatable bonds is 4. The molecule has 0 aliphatic carbocycles. The number of carbonyl (C=O) groups is 1. The quantitative estimate of drug-likeness (QED) is 0.806. The van der Waals surface area contributed by atoms with Crippen LogP contribution in [-0.2, 0) is 4.74 Å². The van der Waals surface area contributed by atoms with Gasteiger partial charge in [0.25, 0.3) is 0 Å². The summed E-state index contributed by atoms with van der Waals surface area (Å²) < 4.78 is 4.87. The zero-order valence-electron chi connectivity index (χ0n) is 9.17. The van der Waals surface area contributed by atoms with E-state index in [-0.39, 0.29) is 17.3 Å². The summed E-state index contributed by atoms with van der Waals surface area (Å²) in [6.07, 6.45) is 3.22. The van der Waals surface area contributed by atoms with Crippen LogP contribution in [0.3, 0.4) is 0 Å².